The number of imide groups is 1. The van der Waals surface area contributed by atoms with Crippen molar-refractivity contribution in [3.05, 3.63) is 54.4 Å². The van der Waals surface area contributed by atoms with Crippen LogP contribution in [-0.2, 0) is 16.1 Å². The van der Waals surface area contributed by atoms with E-state index < -0.39 is 0 Å². The van der Waals surface area contributed by atoms with Gasteiger partial charge in [0.2, 0.25) is 11.8 Å². The molecule has 1 fully saturated rings. The van der Waals surface area contributed by atoms with Gasteiger partial charge >= 0.3 is 0 Å². The largest absolute Gasteiger partial charge is 0.362 e. The predicted octanol–water partition coefficient (Wildman–Crippen LogP) is 3.43. The van der Waals surface area contributed by atoms with E-state index in [0.717, 1.165) is 33.4 Å². The maximum Gasteiger partial charge on any atom is 0.229 e. The van der Waals surface area contributed by atoms with Crippen molar-refractivity contribution in [1.82, 2.24) is 14.9 Å². The standard InChI is InChI=1S/C21H20N4O2.ClH/c1-24(2)21-17-11-16(6-7-18(17)22-13-23-21)15-5-3-4-14(10-15)12-25-19(26)8-9-20(25)27;/h3-7,10-11,13H,8-9,12H2,1-2H3;1H. The van der Waals surface area contributed by atoms with Gasteiger partial charge in [-0.2, -0.15) is 0 Å². The summed E-state index contributed by atoms with van der Waals surface area (Å²) in [6, 6.07) is 14.0. The molecule has 0 atom stereocenters. The predicted molar refractivity (Wildman–Crippen MR) is 111 cm³/mol. The maximum atomic E-state index is 11.9. The van der Waals surface area contributed by atoms with Crippen LogP contribution in [-0.4, -0.2) is 40.8 Å². The number of nitrogens with zero attached hydrogens (tertiary/aromatic N) is 4. The van der Waals surface area contributed by atoms with E-state index in [2.05, 4.69) is 16.0 Å². The van der Waals surface area contributed by atoms with Gasteiger partial charge in [-0.3, -0.25) is 14.5 Å². The Morgan fingerprint density at radius 1 is 0.964 bits per heavy atom. The normalized spacial score (nSPS) is 13.7. The Bertz CT molecular complexity index is 1040. The Morgan fingerprint density at radius 3 is 2.39 bits per heavy atom. The number of aromatic nitrogens is 2. The summed E-state index contributed by atoms with van der Waals surface area (Å²) >= 11 is 0. The summed E-state index contributed by atoms with van der Waals surface area (Å²) in [6.45, 7) is 0.325. The van der Waals surface area contributed by atoms with E-state index in [0.29, 0.717) is 19.4 Å². The molecule has 4 rings (SSSR count). The molecule has 0 radical (unpaired) electrons. The Balaban J connectivity index is 0.00000225. The molecule has 0 saturated carbocycles. The molecule has 1 aliphatic heterocycles. The zero-order valence-electron chi connectivity index (χ0n) is 15.8. The highest BCUT2D eigenvalue weighted by Crippen LogP contribution is 2.29. The lowest BCUT2D eigenvalue weighted by molar-refractivity contribution is -0.139. The quantitative estimate of drug-likeness (QED) is 0.632. The van der Waals surface area contributed by atoms with Crippen molar-refractivity contribution in [2.75, 3.05) is 19.0 Å². The lowest BCUT2D eigenvalue weighted by atomic mass is 10.0. The van der Waals surface area contributed by atoms with E-state index in [9.17, 15) is 9.59 Å². The first-order chi connectivity index (χ1) is 13.0. The minimum Gasteiger partial charge on any atom is -0.362 e. The van der Waals surface area contributed by atoms with Crippen LogP contribution in [0.3, 0.4) is 0 Å². The summed E-state index contributed by atoms with van der Waals surface area (Å²) < 4.78 is 0. The molecule has 1 aliphatic rings. The van der Waals surface area contributed by atoms with Gasteiger partial charge in [-0.25, -0.2) is 9.97 Å². The summed E-state index contributed by atoms with van der Waals surface area (Å²) in [5.41, 5.74) is 3.90. The van der Waals surface area contributed by atoms with Gasteiger partial charge in [0.05, 0.1) is 12.1 Å². The van der Waals surface area contributed by atoms with E-state index in [1.807, 2.05) is 55.4 Å². The fourth-order valence-corrected chi connectivity index (χ4v) is 3.41. The van der Waals surface area contributed by atoms with E-state index in [-0.39, 0.29) is 24.2 Å². The summed E-state index contributed by atoms with van der Waals surface area (Å²) in [4.78, 5) is 35.8. The first kappa shape index (κ1) is 19.8. The molecule has 1 saturated heterocycles. The van der Waals surface area contributed by atoms with Gasteiger partial charge in [0.25, 0.3) is 0 Å². The van der Waals surface area contributed by atoms with E-state index in [4.69, 9.17) is 0 Å². The van der Waals surface area contributed by atoms with Gasteiger partial charge in [-0.15, -0.1) is 12.4 Å². The number of benzene rings is 2. The lowest BCUT2D eigenvalue weighted by Gasteiger charge is -2.15. The zero-order chi connectivity index (χ0) is 19.0. The van der Waals surface area contributed by atoms with Gasteiger partial charge in [0.15, 0.2) is 0 Å². The molecule has 2 amide bonds. The van der Waals surface area contributed by atoms with Gasteiger partial charge in [-0.1, -0.05) is 24.3 Å². The molecule has 7 heteroatoms. The van der Waals surface area contributed by atoms with Crippen LogP contribution < -0.4 is 4.90 Å². The first-order valence-electron chi connectivity index (χ1n) is 8.87. The number of halogens is 1. The van der Waals surface area contributed by atoms with Crippen LogP contribution in [0.15, 0.2) is 48.8 Å². The fraction of sp³-hybridized carbons (Fsp3) is 0.238. The third kappa shape index (κ3) is 3.68. The Labute approximate surface area is 169 Å². The minimum atomic E-state index is -0.0936. The maximum absolute atomic E-state index is 11.9. The van der Waals surface area contributed by atoms with Crippen molar-refractivity contribution < 1.29 is 9.59 Å². The van der Waals surface area contributed by atoms with Crippen molar-refractivity contribution in [3.8, 4) is 11.1 Å². The second-order valence-corrected chi connectivity index (χ2v) is 6.90. The molecule has 0 aliphatic carbocycles. The highest BCUT2D eigenvalue weighted by Gasteiger charge is 2.28. The van der Waals surface area contributed by atoms with Crippen LogP contribution in [0.5, 0.6) is 0 Å². The number of hydrogen-bond donors (Lipinski definition) is 0. The van der Waals surface area contributed by atoms with Gasteiger partial charge in [0, 0.05) is 32.3 Å². The number of hydrogen-bond acceptors (Lipinski definition) is 5. The summed E-state index contributed by atoms with van der Waals surface area (Å²) in [7, 11) is 3.91. The van der Waals surface area contributed by atoms with E-state index in [1.165, 1.54) is 4.90 Å². The second kappa shape index (κ2) is 7.94. The highest BCUT2D eigenvalue weighted by atomic mass is 35.5. The second-order valence-electron chi connectivity index (χ2n) is 6.90. The van der Waals surface area contributed by atoms with Gasteiger partial charge in [0.1, 0.15) is 12.1 Å². The summed E-state index contributed by atoms with van der Waals surface area (Å²) in [5, 5.41) is 0.982. The van der Waals surface area contributed by atoms with Crippen molar-refractivity contribution >= 4 is 40.9 Å². The molecule has 144 valence electrons. The molecular weight excluding hydrogens is 376 g/mol. The molecule has 1 aromatic heterocycles. The Hall–Kier alpha value is -2.99. The van der Waals surface area contributed by atoms with Crippen LogP contribution in [0.1, 0.15) is 18.4 Å². The molecule has 2 heterocycles. The van der Waals surface area contributed by atoms with Crippen molar-refractivity contribution in [3.63, 3.8) is 0 Å². The van der Waals surface area contributed by atoms with E-state index in [1.54, 1.807) is 6.33 Å². The average molecular weight is 397 g/mol. The molecule has 0 unspecified atom stereocenters. The van der Waals surface area contributed by atoms with Crippen LogP contribution in [0, 0.1) is 0 Å². The highest BCUT2D eigenvalue weighted by molar-refractivity contribution is 6.01. The number of carbonyl (C=O) groups excluding carboxylic acids is 2. The van der Waals surface area contributed by atoms with Gasteiger partial charge < -0.3 is 4.90 Å². The van der Waals surface area contributed by atoms with Crippen molar-refractivity contribution in [2.24, 2.45) is 0 Å². The third-order valence-electron chi connectivity index (χ3n) is 4.79. The third-order valence-corrected chi connectivity index (χ3v) is 4.79. The molecule has 0 bridgehead atoms. The molecule has 0 spiro atoms. The molecule has 3 aromatic rings. The smallest absolute Gasteiger partial charge is 0.229 e. The fourth-order valence-electron chi connectivity index (χ4n) is 3.41. The van der Waals surface area contributed by atoms with Crippen molar-refractivity contribution in [1.29, 1.82) is 0 Å². The number of likely N-dealkylation sites (tertiary alicyclic amines) is 1. The average Bonchev–Trinajstić information content (AvgIpc) is 2.99. The molecular formula is C21H21ClN4O2. The van der Waals surface area contributed by atoms with Crippen LogP contribution >= 0.6 is 12.4 Å². The number of rotatable bonds is 4. The van der Waals surface area contributed by atoms with Crippen molar-refractivity contribution in [2.45, 2.75) is 19.4 Å². The Kier molecular flexibility index (Phi) is 5.61. The summed E-state index contributed by atoms with van der Waals surface area (Å²) in [5.74, 6) is 0.680. The number of anilines is 1. The zero-order valence-corrected chi connectivity index (χ0v) is 16.6. The molecule has 6 nitrogen and oxygen atoms in total. The summed E-state index contributed by atoms with van der Waals surface area (Å²) in [6.07, 6.45) is 2.20. The lowest BCUT2D eigenvalue weighted by Crippen LogP contribution is -2.28. The Morgan fingerprint density at radius 2 is 1.68 bits per heavy atom. The van der Waals surface area contributed by atoms with Gasteiger partial charge in [-0.05, 0) is 34.9 Å². The van der Waals surface area contributed by atoms with Crippen LogP contribution in [0.2, 0.25) is 0 Å². The number of carbonyl (C=O) groups is 2. The number of fused-ring (bicyclic) bond motifs is 1. The monoisotopic (exact) mass is 396 g/mol. The molecule has 28 heavy (non-hydrogen) atoms. The SMILES string of the molecule is CN(C)c1ncnc2ccc(-c3cccc(CN4C(=O)CCC4=O)c3)cc12.Cl. The molecule has 0 N–H and O–H groups in total. The first-order valence-corrected chi connectivity index (χ1v) is 8.87. The number of amides is 2. The van der Waals surface area contributed by atoms with E-state index >= 15 is 0 Å². The van der Waals surface area contributed by atoms with Crippen LogP contribution in [0.25, 0.3) is 22.0 Å². The minimum absolute atomic E-state index is 0. The van der Waals surface area contributed by atoms with Crippen LogP contribution in [0.4, 0.5) is 5.82 Å². The topological polar surface area (TPSA) is 66.4 Å². The molecule has 2 aromatic carbocycles.